The highest BCUT2D eigenvalue weighted by Crippen LogP contribution is 1.64. The monoisotopic (exact) mass is 108 g/mol. The normalized spacial score (nSPS) is 11.5. The fraction of sp³-hybridized carbons (Fsp3) is 0. The molecular weight excluding hydrogens is 102 g/mol. The molecule has 0 fully saturated rings. The predicted molar refractivity (Wildman–Crippen MR) is 24.1 cm³/mol. The summed E-state index contributed by atoms with van der Waals surface area (Å²) in [6, 6.07) is 0. The van der Waals surface area contributed by atoms with E-state index in [2.05, 4.69) is 6.58 Å². The van der Waals surface area contributed by atoms with Crippen molar-refractivity contribution in [2.75, 3.05) is 0 Å². The molecule has 4 heteroatoms. The molecule has 38 valence electrons. The lowest BCUT2D eigenvalue weighted by molar-refractivity contribution is 0.546. The molecule has 3 N–H and O–H groups in total. The molecular formula is C2H6NO2S-. The highest BCUT2D eigenvalue weighted by Gasteiger charge is 1.51. The molecule has 0 saturated heterocycles. The van der Waals surface area contributed by atoms with Crippen molar-refractivity contribution in [2.24, 2.45) is 0 Å². The molecule has 0 spiro atoms. The van der Waals surface area contributed by atoms with Crippen molar-refractivity contribution >= 4 is 11.1 Å². The van der Waals surface area contributed by atoms with E-state index in [-0.39, 0.29) is 6.15 Å². The summed E-state index contributed by atoms with van der Waals surface area (Å²) in [5.41, 5.74) is 0. The van der Waals surface area contributed by atoms with E-state index in [0.29, 0.717) is 0 Å². The molecule has 0 aliphatic carbocycles. The van der Waals surface area contributed by atoms with Crippen molar-refractivity contribution in [3.05, 3.63) is 12.0 Å². The second kappa shape index (κ2) is 4.81. The summed E-state index contributed by atoms with van der Waals surface area (Å²) in [5.74, 6) is 0. The lowest BCUT2D eigenvalue weighted by atomic mass is 11.3. The van der Waals surface area contributed by atoms with Gasteiger partial charge in [-0.3, -0.25) is 4.21 Å². The summed E-state index contributed by atoms with van der Waals surface area (Å²) in [6.45, 7) is 2.95. The fourth-order valence-electron chi connectivity index (χ4n) is 0. The molecule has 0 aliphatic heterocycles. The molecule has 0 bridgehead atoms. The minimum atomic E-state index is -2.06. The molecule has 0 heterocycles. The van der Waals surface area contributed by atoms with Crippen LogP contribution >= 0.6 is 0 Å². The van der Waals surface area contributed by atoms with Crippen molar-refractivity contribution in [1.82, 2.24) is 6.15 Å². The van der Waals surface area contributed by atoms with Gasteiger partial charge in [-0.15, -0.1) is 0 Å². The van der Waals surface area contributed by atoms with Crippen LogP contribution in [0.5, 0.6) is 0 Å². The Hall–Kier alpha value is -0.190. The van der Waals surface area contributed by atoms with E-state index in [1.165, 1.54) is 0 Å². The van der Waals surface area contributed by atoms with Crippen LogP contribution in [0.15, 0.2) is 12.0 Å². The first-order valence-electron chi connectivity index (χ1n) is 0.977. The Kier molecular flexibility index (Phi) is 7.42. The number of hydrogen-bond acceptors (Lipinski definition) is 3. The van der Waals surface area contributed by atoms with E-state index >= 15 is 0 Å². The summed E-state index contributed by atoms with van der Waals surface area (Å²) in [7, 11) is 0. The van der Waals surface area contributed by atoms with Gasteiger partial charge in [-0.05, 0) is 16.5 Å². The van der Waals surface area contributed by atoms with Gasteiger partial charge in [0.1, 0.15) is 0 Å². The largest absolute Gasteiger partial charge is 0.769 e. The molecule has 1 atom stereocenters. The summed E-state index contributed by atoms with van der Waals surface area (Å²) in [6.07, 6.45) is 0. The molecule has 0 aromatic carbocycles. The minimum Gasteiger partial charge on any atom is -0.769 e. The molecule has 1 unspecified atom stereocenters. The fourth-order valence-corrected chi connectivity index (χ4v) is 0. The molecule has 3 nitrogen and oxygen atoms in total. The van der Waals surface area contributed by atoms with Crippen LogP contribution in [-0.4, -0.2) is 8.76 Å². The van der Waals surface area contributed by atoms with Gasteiger partial charge in [0.25, 0.3) is 0 Å². The van der Waals surface area contributed by atoms with Crippen LogP contribution in [0.4, 0.5) is 0 Å². The Bertz CT molecular complexity index is 62.6. The highest BCUT2D eigenvalue weighted by molar-refractivity contribution is 7.82. The average Bonchev–Trinajstić information content (AvgIpc) is 1.38. The second-order valence-electron chi connectivity index (χ2n) is 0.427. The number of rotatable bonds is 1. The molecule has 0 amide bonds. The summed E-state index contributed by atoms with van der Waals surface area (Å²) in [5, 5.41) is 0.833. The van der Waals surface area contributed by atoms with Gasteiger partial charge in [-0.2, -0.15) is 0 Å². The van der Waals surface area contributed by atoms with Crippen molar-refractivity contribution < 1.29 is 8.76 Å². The van der Waals surface area contributed by atoms with Gasteiger partial charge < -0.3 is 10.7 Å². The standard InChI is InChI=1S/C2H4O2S.H3N/c1-2-5(3)4;/h2H,1H2,(H,3,4);1H3/p-1. The first-order valence-corrected chi connectivity index (χ1v) is 2.12. The molecule has 0 saturated carbocycles. The van der Waals surface area contributed by atoms with E-state index < -0.39 is 11.1 Å². The third-order valence-corrected chi connectivity index (χ3v) is 0.408. The van der Waals surface area contributed by atoms with Crippen LogP contribution in [0, 0.1) is 0 Å². The lowest BCUT2D eigenvalue weighted by Gasteiger charge is -1.88. The molecule has 0 rings (SSSR count). The SMILES string of the molecule is C=CS(=O)[O-].N. The van der Waals surface area contributed by atoms with Crippen molar-refractivity contribution in [1.29, 1.82) is 0 Å². The van der Waals surface area contributed by atoms with E-state index in [9.17, 15) is 8.76 Å². The quantitative estimate of drug-likeness (QED) is 0.486. The van der Waals surface area contributed by atoms with Crippen LogP contribution in [0.3, 0.4) is 0 Å². The van der Waals surface area contributed by atoms with Gasteiger partial charge in [0.2, 0.25) is 0 Å². The Labute approximate surface area is 38.9 Å². The first kappa shape index (κ1) is 9.26. The van der Waals surface area contributed by atoms with Crippen LogP contribution in [0.2, 0.25) is 0 Å². The van der Waals surface area contributed by atoms with Crippen molar-refractivity contribution in [3.63, 3.8) is 0 Å². The lowest BCUT2D eigenvalue weighted by Crippen LogP contribution is -1.71. The van der Waals surface area contributed by atoms with E-state index in [4.69, 9.17) is 0 Å². The zero-order valence-corrected chi connectivity index (χ0v) is 4.03. The van der Waals surface area contributed by atoms with E-state index in [1.54, 1.807) is 0 Å². The first-order chi connectivity index (χ1) is 2.27. The van der Waals surface area contributed by atoms with Gasteiger partial charge >= 0.3 is 0 Å². The summed E-state index contributed by atoms with van der Waals surface area (Å²) >= 11 is -2.06. The Morgan fingerprint density at radius 3 is 2.00 bits per heavy atom. The zero-order valence-electron chi connectivity index (χ0n) is 3.22. The summed E-state index contributed by atoms with van der Waals surface area (Å²) < 4.78 is 18.5. The second-order valence-corrected chi connectivity index (χ2v) is 1.28. The third-order valence-electron chi connectivity index (χ3n) is 0.136. The average molecular weight is 108 g/mol. The minimum absolute atomic E-state index is 0. The van der Waals surface area contributed by atoms with Gasteiger partial charge in [0.05, 0.1) is 0 Å². The van der Waals surface area contributed by atoms with Gasteiger partial charge in [-0.25, -0.2) is 0 Å². The molecule has 0 aromatic heterocycles. The number of hydrogen-bond donors (Lipinski definition) is 1. The highest BCUT2D eigenvalue weighted by atomic mass is 32.2. The van der Waals surface area contributed by atoms with Gasteiger partial charge in [0.15, 0.2) is 0 Å². The molecule has 6 heavy (non-hydrogen) atoms. The zero-order chi connectivity index (χ0) is 4.28. The third kappa shape index (κ3) is 9.18. The van der Waals surface area contributed by atoms with Crippen LogP contribution < -0.4 is 6.15 Å². The maximum Gasteiger partial charge on any atom is -0.0187 e. The Balaban J connectivity index is 0. The van der Waals surface area contributed by atoms with Crippen molar-refractivity contribution in [3.8, 4) is 0 Å². The maximum absolute atomic E-state index is 9.25. The van der Waals surface area contributed by atoms with E-state index in [0.717, 1.165) is 5.41 Å². The Morgan fingerprint density at radius 2 is 2.00 bits per heavy atom. The summed E-state index contributed by atoms with van der Waals surface area (Å²) in [4.78, 5) is 0. The van der Waals surface area contributed by atoms with Crippen LogP contribution in [0.25, 0.3) is 0 Å². The molecule has 0 aromatic rings. The van der Waals surface area contributed by atoms with E-state index in [1.807, 2.05) is 0 Å². The predicted octanol–water partition coefficient (Wildman–Crippen LogP) is 0.171. The van der Waals surface area contributed by atoms with Crippen molar-refractivity contribution in [2.45, 2.75) is 0 Å². The smallest absolute Gasteiger partial charge is 0.0187 e. The van der Waals surface area contributed by atoms with Gasteiger partial charge in [-0.1, -0.05) is 6.58 Å². The van der Waals surface area contributed by atoms with Crippen LogP contribution in [0.1, 0.15) is 0 Å². The Morgan fingerprint density at radius 1 is 1.83 bits per heavy atom. The van der Waals surface area contributed by atoms with Gasteiger partial charge in [0, 0.05) is 0 Å². The van der Waals surface area contributed by atoms with Crippen LogP contribution in [-0.2, 0) is 11.1 Å². The molecule has 0 aliphatic rings. The topological polar surface area (TPSA) is 75.1 Å². The maximum atomic E-state index is 9.25. The molecule has 0 radical (unpaired) electrons.